The second-order valence-electron chi connectivity index (χ2n) is 5.88. The molecule has 1 aliphatic carbocycles. The van der Waals surface area contributed by atoms with E-state index in [9.17, 15) is 4.79 Å². The van der Waals surface area contributed by atoms with E-state index < -0.39 is 0 Å². The summed E-state index contributed by atoms with van der Waals surface area (Å²) < 4.78 is 0. The Hall–Kier alpha value is -0.570. The summed E-state index contributed by atoms with van der Waals surface area (Å²) in [6, 6.07) is 0.0302. The molecule has 2 fully saturated rings. The van der Waals surface area contributed by atoms with Crippen LogP contribution in [0.4, 0.5) is 0 Å². The van der Waals surface area contributed by atoms with Gasteiger partial charge >= 0.3 is 0 Å². The van der Waals surface area contributed by atoms with Crippen molar-refractivity contribution in [3.63, 3.8) is 0 Å². The molecule has 1 N–H and O–H groups in total. The van der Waals surface area contributed by atoms with Gasteiger partial charge in [0.2, 0.25) is 5.91 Å². The van der Waals surface area contributed by atoms with Crippen LogP contribution in [0.15, 0.2) is 0 Å². The van der Waals surface area contributed by atoms with Crippen LogP contribution in [0.3, 0.4) is 0 Å². The van der Waals surface area contributed by atoms with Crippen LogP contribution < -0.4 is 5.32 Å². The van der Waals surface area contributed by atoms with Gasteiger partial charge in [-0.05, 0) is 37.5 Å². The van der Waals surface area contributed by atoms with Crippen molar-refractivity contribution in [1.29, 1.82) is 0 Å². The van der Waals surface area contributed by atoms with Crippen LogP contribution in [0, 0.1) is 11.3 Å². The van der Waals surface area contributed by atoms with E-state index in [4.69, 9.17) is 0 Å². The third-order valence-corrected chi connectivity index (χ3v) is 4.32. The highest BCUT2D eigenvalue weighted by molar-refractivity contribution is 5.84. The number of carbonyl (C=O) groups excluding carboxylic acids is 1. The quantitative estimate of drug-likeness (QED) is 0.792. The Kier molecular flexibility index (Phi) is 2.99. The molecule has 0 bridgehead atoms. The zero-order chi connectivity index (χ0) is 11.9. The molecule has 2 unspecified atom stereocenters. The first-order valence-electron chi connectivity index (χ1n) is 6.55. The summed E-state index contributed by atoms with van der Waals surface area (Å²) in [5.74, 6) is 0.693. The van der Waals surface area contributed by atoms with E-state index >= 15 is 0 Å². The van der Waals surface area contributed by atoms with E-state index in [1.807, 2.05) is 0 Å². The highest BCUT2D eigenvalue weighted by atomic mass is 16.2. The van der Waals surface area contributed by atoms with Crippen molar-refractivity contribution in [2.75, 3.05) is 6.54 Å². The molecule has 0 radical (unpaired) electrons. The van der Waals surface area contributed by atoms with Gasteiger partial charge in [0.1, 0.15) is 0 Å². The summed E-state index contributed by atoms with van der Waals surface area (Å²) in [4.78, 5) is 14.3. The second kappa shape index (κ2) is 4.02. The molecule has 16 heavy (non-hydrogen) atoms. The molecule has 1 heterocycles. The SMILES string of the molecule is CCC1(CN2C(=O)C(C(C)C)NC2C)CC1. The lowest BCUT2D eigenvalue weighted by Gasteiger charge is -2.26. The maximum absolute atomic E-state index is 12.2. The number of nitrogens with one attached hydrogen (secondary N) is 1. The van der Waals surface area contributed by atoms with E-state index in [-0.39, 0.29) is 12.2 Å². The molecule has 2 atom stereocenters. The third-order valence-electron chi connectivity index (χ3n) is 4.32. The monoisotopic (exact) mass is 224 g/mol. The average molecular weight is 224 g/mol. The predicted molar refractivity (Wildman–Crippen MR) is 64.9 cm³/mol. The first-order chi connectivity index (χ1) is 7.49. The minimum Gasteiger partial charge on any atom is -0.326 e. The molecule has 0 aromatic rings. The Morgan fingerprint density at radius 1 is 1.50 bits per heavy atom. The topological polar surface area (TPSA) is 32.3 Å². The molecule has 0 aromatic heterocycles. The molecule has 1 aliphatic heterocycles. The Bertz CT molecular complexity index is 284. The first kappa shape index (κ1) is 11.9. The summed E-state index contributed by atoms with van der Waals surface area (Å²) in [6.45, 7) is 9.52. The van der Waals surface area contributed by atoms with E-state index in [1.165, 1.54) is 19.3 Å². The molecule has 0 spiro atoms. The van der Waals surface area contributed by atoms with E-state index in [0.29, 0.717) is 17.2 Å². The Labute approximate surface area is 98.6 Å². The lowest BCUT2D eigenvalue weighted by atomic mass is 10.0. The zero-order valence-corrected chi connectivity index (χ0v) is 10.9. The van der Waals surface area contributed by atoms with Crippen molar-refractivity contribution in [3.05, 3.63) is 0 Å². The Morgan fingerprint density at radius 2 is 2.12 bits per heavy atom. The number of carbonyl (C=O) groups is 1. The fraction of sp³-hybridized carbons (Fsp3) is 0.923. The average Bonchev–Trinajstić information content (AvgIpc) is 2.96. The molecule has 0 aromatic carbocycles. The van der Waals surface area contributed by atoms with Gasteiger partial charge in [-0.3, -0.25) is 10.1 Å². The number of hydrogen-bond acceptors (Lipinski definition) is 2. The van der Waals surface area contributed by atoms with Gasteiger partial charge in [-0.1, -0.05) is 20.8 Å². The minimum absolute atomic E-state index is 0.0302. The van der Waals surface area contributed by atoms with Crippen LogP contribution in [0.5, 0.6) is 0 Å². The summed E-state index contributed by atoms with van der Waals surface area (Å²) in [5, 5.41) is 3.40. The fourth-order valence-corrected chi connectivity index (χ4v) is 2.64. The molecule has 2 rings (SSSR count). The number of hydrogen-bond donors (Lipinski definition) is 1. The van der Waals surface area contributed by atoms with E-state index in [1.54, 1.807) is 0 Å². The van der Waals surface area contributed by atoms with E-state index in [0.717, 1.165) is 6.54 Å². The molecule has 2 aliphatic rings. The van der Waals surface area contributed by atoms with Gasteiger partial charge in [-0.15, -0.1) is 0 Å². The summed E-state index contributed by atoms with van der Waals surface area (Å²) in [6.07, 6.45) is 4.01. The van der Waals surface area contributed by atoms with Crippen molar-refractivity contribution in [3.8, 4) is 0 Å². The summed E-state index contributed by atoms with van der Waals surface area (Å²) in [5.41, 5.74) is 0.456. The third kappa shape index (κ3) is 1.97. The van der Waals surface area contributed by atoms with Crippen LogP contribution in [0.2, 0.25) is 0 Å². The molecule has 1 saturated heterocycles. The highest BCUT2D eigenvalue weighted by Crippen LogP contribution is 2.49. The minimum atomic E-state index is 0.0302. The summed E-state index contributed by atoms with van der Waals surface area (Å²) >= 11 is 0. The lowest BCUT2D eigenvalue weighted by Crippen LogP contribution is -2.39. The van der Waals surface area contributed by atoms with Gasteiger partial charge in [0.25, 0.3) is 0 Å². The van der Waals surface area contributed by atoms with Crippen LogP contribution in [0.1, 0.15) is 47.0 Å². The molecule has 92 valence electrons. The predicted octanol–water partition coefficient (Wildman–Crippen LogP) is 1.98. The van der Waals surface area contributed by atoms with Crippen molar-refractivity contribution < 1.29 is 4.79 Å². The molecule has 1 saturated carbocycles. The smallest absolute Gasteiger partial charge is 0.241 e. The molecule has 3 heteroatoms. The second-order valence-corrected chi connectivity index (χ2v) is 5.88. The standard InChI is InChI=1S/C13H24N2O/c1-5-13(6-7-13)8-15-10(4)14-11(9(2)3)12(15)16/h9-11,14H,5-8H2,1-4H3. The Morgan fingerprint density at radius 3 is 2.50 bits per heavy atom. The fourth-order valence-electron chi connectivity index (χ4n) is 2.64. The maximum atomic E-state index is 12.2. The van der Waals surface area contributed by atoms with Crippen molar-refractivity contribution in [2.24, 2.45) is 11.3 Å². The van der Waals surface area contributed by atoms with Crippen molar-refractivity contribution >= 4 is 5.91 Å². The van der Waals surface area contributed by atoms with Crippen molar-refractivity contribution in [2.45, 2.75) is 59.2 Å². The van der Waals surface area contributed by atoms with Gasteiger partial charge in [0, 0.05) is 6.54 Å². The van der Waals surface area contributed by atoms with Crippen LogP contribution in [-0.2, 0) is 4.79 Å². The number of rotatable bonds is 4. The lowest BCUT2D eigenvalue weighted by molar-refractivity contribution is -0.131. The van der Waals surface area contributed by atoms with Crippen LogP contribution in [-0.4, -0.2) is 29.6 Å². The van der Waals surface area contributed by atoms with Gasteiger partial charge in [0.15, 0.2) is 0 Å². The Balaban J connectivity index is 2.02. The number of amides is 1. The normalized spacial score (nSPS) is 32.6. The summed E-state index contributed by atoms with van der Waals surface area (Å²) in [7, 11) is 0. The van der Waals surface area contributed by atoms with Gasteiger partial charge in [0.05, 0.1) is 12.2 Å². The van der Waals surface area contributed by atoms with Gasteiger partial charge in [-0.25, -0.2) is 0 Å². The van der Waals surface area contributed by atoms with Gasteiger partial charge in [-0.2, -0.15) is 0 Å². The molecule has 3 nitrogen and oxygen atoms in total. The van der Waals surface area contributed by atoms with Crippen molar-refractivity contribution in [1.82, 2.24) is 10.2 Å². The zero-order valence-electron chi connectivity index (χ0n) is 10.9. The van der Waals surface area contributed by atoms with E-state index in [2.05, 4.69) is 37.9 Å². The molecular formula is C13H24N2O. The van der Waals surface area contributed by atoms with Crippen LogP contribution >= 0.6 is 0 Å². The maximum Gasteiger partial charge on any atom is 0.241 e. The largest absolute Gasteiger partial charge is 0.326 e. The number of nitrogens with zero attached hydrogens (tertiary/aromatic N) is 1. The molecule has 1 amide bonds. The highest BCUT2D eigenvalue weighted by Gasteiger charge is 2.47. The van der Waals surface area contributed by atoms with Crippen LogP contribution in [0.25, 0.3) is 0 Å². The first-order valence-corrected chi connectivity index (χ1v) is 6.55. The molecular weight excluding hydrogens is 200 g/mol. The van der Waals surface area contributed by atoms with Gasteiger partial charge < -0.3 is 4.90 Å².